The Bertz CT molecular complexity index is 1410. The van der Waals surface area contributed by atoms with Crippen molar-refractivity contribution >= 4 is 0 Å². The van der Waals surface area contributed by atoms with Gasteiger partial charge in [-0.05, 0) is 61.8 Å². The molecule has 27 heavy (non-hydrogen) atoms. The minimum absolute atomic E-state index is 0.674. The van der Waals surface area contributed by atoms with Crippen LogP contribution < -0.4 is 9.47 Å². The van der Waals surface area contributed by atoms with Crippen molar-refractivity contribution in [3.05, 3.63) is 59.4 Å². The molecule has 1 atom stereocenters. The molecule has 2 aromatic carbocycles. The lowest BCUT2D eigenvalue weighted by atomic mass is 9.87. The zero-order chi connectivity index (χ0) is 35.9. The predicted molar refractivity (Wildman–Crippen MR) is 104 cm³/mol. The van der Waals surface area contributed by atoms with Gasteiger partial charge in [-0.1, -0.05) is 24.3 Å². The van der Waals surface area contributed by atoms with Gasteiger partial charge >= 0.3 is 0 Å². The molecule has 0 aliphatic carbocycles. The van der Waals surface area contributed by atoms with Gasteiger partial charge in [0, 0.05) is 29.9 Å². The molecule has 1 fully saturated rings. The van der Waals surface area contributed by atoms with E-state index in [0.29, 0.717) is 0 Å². The Morgan fingerprint density at radius 3 is 2.70 bits per heavy atom. The van der Waals surface area contributed by atoms with Gasteiger partial charge in [-0.3, -0.25) is 0 Å². The summed E-state index contributed by atoms with van der Waals surface area (Å²) < 4.78 is 180. The third-order valence-electron chi connectivity index (χ3n) is 3.55. The van der Waals surface area contributed by atoms with Gasteiger partial charge in [-0.15, -0.1) is 0 Å². The Hall–Kier alpha value is -2.11. The van der Waals surface area contributed by atoms with Crippen LogP contribution >= 0.6 is 0 Å². The third kappa shape index (κ3) is 4.79. The number of piperidine rings is 1. The molecule has 0 radical (unpaired) electrons. The van der Waals surface area contributed by atoms with E-state index in [1.54, 1.807) is 0 Å². The van der Waals surface area contributed by atoms with E-state index in [1.807, 2.05) is 0 Å². The number of aliphatic hydroxyl groups is 1. The average molecular weight is 393 g/mol. The topological polar surface area (TPSA) is 41.9 Å². The Kier molecular flexibility index (Phi) is 2.30. The van der Waals surface area contributed by atoms with Crippen LogP contribution in [-0.2, 0) is 6.37 Å². The van der Waals surface area contributed by atoms with Crippen molar-refractivity contribution < 1.29 is 45.0 Å². The number of hydrogen-bond donors (Lipinski definition) is 1. The first-order valence-electron chi connectivity index (χ1n) is 17.1. The number of likely N-dealkylation sites (tertiary alicyclic amines) is 1. The van der Waals surface area contributed by atoms with Gasteiger partial charge in [-0.2, -0.15) is 0 Å². The van der Waals surface area contributed by atoms with E-state index in [9.17, 15) is 9.50 Å². The van der Waals surface area contributed by atoms with Crippen LogP contribution in [0.4, 0.5) is 4.39 Å². The number of para-hydroxylation sites is 1. The number of aryl methyl sites for hydroxylation is 1. The fraction of sp³-hybridized carbons (Fsp3) is 0.455. The number of hydrogen-bond acceptors (Lipinski definition) is 4. The molecule has 1 aliphatic heterocycles. The molecule has 1 aliphatic rings. The molecule has 5 heteroatoms. The maximum atomic E-state index is 13.5. The minimum Gasteiger partial charge on any atom is -0.493 e. The molecule has 146 valence electrons. The van der Waals surface area contributed by atoms with Crippen LogP contribution in [0.15, 0.2) is 42.5 Å². The van der Waals surface area contributed by atoms with Gasteiger partial charge in [0.25, 0.3) is 0 Å². The van der Waals surface area contributed by atoms with E-state index in [4.69, 9.17) is 35.5 Å². The van der Waals surface area contributed by atoms with Crippen molar-refractivity contribution in [2.45, 2.75) is 25.2 Å². The molecule has 1 saturated heterocycles. The largest absolute Gasteiger partial charge is 0.493 e. The smallest absolute Gasteiger partial charge is 0.166 e. The minimum atomic E-state index is -4.22. The van der Waals surface area contributed by atoms with Crippen molar-refractivity contribution in [2.24, 2.45) is 5.89 Å². The summed E-state index contributed by atoms with van der Waals surface area (Å²) in [5, 5.41) is 11.5. The Labute approximate surface area is 187 Å². The van der Waals surface area contributed by atoms with E-state index >= 15 is 0 Å². The SMILES string of the molecule is [2H]C([2H])([2H])Oc1cccc([C@H](O)C2([2H])C([2H])([2H])C([2H])([2H])N(C([2H])([2H])C([2H])([2H])c3ccc(F)cc3)C([2H])([2H])C2([2H])[2H])c1OC([2H])([2H])[2H]. The van der Waals surface area contributed by atoms with E-state index in [0.717, 1.165) is 42.5 Å². The molecular weight excluding hydrogens is 345 g/mol. The standard InChI is InChI=1S/C22H28FNO3/c1-26-20-5-3-4-19(22(20)27-2)21(25)17-11-14-24(15-12-17)13-10-16-6-8-18(23)9-7-16/h3-9,17,21,25H,10-15H2,1-2H3/t21-/m1/s1/i1D3,2D3,10D2,11D2,12D2,13D2,14D2,15D2,17D. The van der Waals surface area contributed by atoms with Crippen LogP contribution in [0.2, 0.25) is 0 Å². The molecule has 2 aromatic rings. The lowest BCUT2D eigenvalue weighted by Crippen LogP contribution is -2.36. The Morgan fingerprint density at radius 2 is 2.00 bits per heavy atom. The third-order valence-corrected chi connectivity index (χ3v) is 3.55. The van der Waals surface area contributed by atoms with Crippen LogP contribution in [0.1, 0.15) is 56.0 Å². The fourth-order valence-electron chi connectivity index (χ4n) is 2.23. The van der Waals surface area contributed by atoms with Gasteiger partial charge in [0.15, 0.2) is 11.5 Å². The number of ether oxygens (including phenoxy) is 2. The second-order valence-electron chi connectivity index (χ2n) is 5.25. The van der Waals surface area contributed by atoms with Gasteiger partial charge in [0.1, 0.15) is 5.82 Å². The number of benzene rings is 2. The summed E-state index contributed by atoms with van der Waals surface area (Å²) >= 11 is 0. The molecule has 1 heterocycles. The van der Waals surface area contributed by atoms with Crippen LogP contribution in [0.25, 0.3) is 0 Å². The highest BCUT2D eigenvalue weighted by Crippen LogP contribution is 2.39. The predicted octanol–water partition coefficient (Wildman–Crippen LogP) is 3.83. The van der Waals surface area contributed by atoms with Crippen molar-refractivity contribution in [1.82, 2.24) is 4.90 Å². The van der Waals surface area contributed by atoms with Crippen LogP contribution in [0.3, 0.4) is 0 Å². The summed E-state index contributed by atoms with van der Waals surface area (Å²) in [6.45, 7) is -12.4. The summed E-state index contributed by atoms with van der Waals surface area (Å²) in [4.78, 5) is -0.704. The lowest BCUT2D eigenvalue weighted by Gasteiger charge is -2.34. The van der Waals surface area contributed by atoms with Crippen molar-refractivity contribution in [3.8, 4) is 11.5 Å². The van der Waals surface area contributed by atoms with Crippen LogP contribution in [0.5, 0.6) is 11.5 Å². The number of nitrogens with zero attached hydrogens (tertiary/aromatic N) is 1. The van der Waals surface area contributed by atoms with Gasteiger partial charge in [0.05, 0.1) is 28.4 Å². The molecular formula is C22H28FNO3. The normalized spacial score (nSPS) is 37.9. The average Bonchev–Trinajstić information content (AvgIpc) is 2.85. The van der Waals surface area contributed by atoms with Crippen molar-refractivity contribution in [2.75, 3.05) is 33.6 Å². The summed E-state index contributed by atoms with van der Waals surface area (Å²) in [5.41, 5.74) is -1.71. The zero-order valence-corrected chi connectivity index (χ0v) is 13.7. The fourth-order valence-corrected chi connectivity index (χ4v) is 2.23. The summed E-state index contributed by atoms with van der Waals surface area (Å²) in [6, 6.07) is 5.44. The van der Waals surface area contributed by atoms with Gasteiger partial charge in [-0.25, -0.2) is 4.39 Å². The highest BCUT2D eigenvalue weighted by atomic mass is 19.1. The first kappa shape index (κ1) is 6.75. The molecule has 4 nitrogen and oxygen atoms in total. The van der Waals surface area contributed by atoms with Crippen molar-refractivity contribution in [1.29, 1.82) is 0 Å². The molecule has 0 bridgehead atoms. The second kappa shape index (κ2) is 9.20. The maximum Gasteiger partial charge on any atom is 0.166 e. The highest BCUT2D eigenvalue weighted by molar-refractivity contribution is 5.47. The maximum absolute atomic E-state index is 13.5. The summed E-state index contributed by atoms with van der Waals surface area (Å²) in [6.07, 6.45) is -15.0. The number of methoxy groups -OCH3 is 2. The Morgan fingerprint density at radius 1 is 1.26 bits per heavy atom. The molecule has 0 amide bonds. The zero-order valence-electron chi connectivity index (χ0n) is 32.7. The Balaban J connectivity index is 2.34. The van der Waals surface area contributed by atoms with E-state index in [-0.39, 0.29) is 0 Å². The first-order chi connectivity index (χ1) is 20.3. The molecule has 0 spiro atoms. The number of aliphatic hydroxyl groups excluding tert-OH is 1. The number of rotatable bonds is 7. The molecule has 3 rings (SSSR count). The van der Waals surface area contributed by atoms with Gasteiger partial charge < -0.3 is 19.5 Å². The van der Waals surface area contributed by atoms with Crippen molar-refractivity contribution in [3.63, 3.8) is 0 Å². The quantitative estimate of drug-likeness (QED) is 0.778. The van der Waals surface area contributed by atoms with Crippen LogP contribution in [-0.4, -0.2) is 43.6 Å². The van der Waals surface area contributed by atoms with E-state index in [1.165, 1.54) is 0 Å². The summed E-state index contributed by atoms with van der Waals surface area (Å²) in [7, 11) is -6.70. The molecule has 0 unspecified atom stereocenters. The molecule has 0 saturated carbocycles. The van der Waals surface area contributed by atoms with Gasteiger partial charge in [0.2, 0.25) is 0 Å². The first-order valence-corrected chi connectivity index (χ1v) is 7.58. The van der Waals surface area contributed by atoms with E-state index in [2.05, 4.69) is 0 Å². The van der Waals surface area contributed by atoms with E-state index < -0.39 is 98.0 Å². The molecule has 1 N–H and O–H groups in total. The number of halogens is 1. The molecule has 0 aromatic heterocycles. The monoisotopic (exact) mass is 392 g/mol. The lowest BCUT2D eigenvalue weighted by molar-refractivity contribution is 0.0573. The highest BCUT2D eigenvalue weighted by Gasteiger charge is 2.28. The summed E-state index contributed by atoms with van der Waals surface area (Å²) in [5.74, 6) is -7.05. The second-order valence-corrected chi connectivity index (χ2v) is 5.25. The van der Waals surface area contributed by atoms with Crippen LogP contribution in [0, 0.1) is 11.7 Å².